The maximum absolute atomic E-state index is 12.5. The summed E-state index contributed by atoms with van der Waals surface area (Å²) in [6, 6.07) is 23.1. The number of hydrogen-bond acceptors (Lipinski definition) is 3. The Morgan fingerprint density at radius 3 is 2.16 bits per heavy atom. The van der Waals surface area contributed by atoms with Gasteiger partial charge in [-0.15, -0.1) is 0 Å². The summed E-state index contributed by atoms with van der Waals surface area (Å²) in [6.45, 7) is 11.1. The third kappa shape index (κ3) is 6.39. The van der Waals surface area contributed by atoms with Gasteiger partial charge in [0, 0.05) is 23.8 Å². The van der Waals surface area contributed by atoms with Crippen LogP contribution in [0.5, 0.6) is 0 Å². The number of carboxylic acids is 1. The van der Waals surface area contributed by atoms with Crippen molar-refractivity contribution in [1.29, 1.82) is 0 Å². The molecule has 0 spiro atoms. The first-order chi connectivity index (χ1) is 18.0. The van der Waals surface area contributed by atoms with E-state index in [1.807, 2.05) is 30.5 Å². The number of carbonyl (C=O) groups excluding carboxylic acids is 1. The van der Waals surface area contributed by atoms with E-state index in [-0.39, 0.29) is 30.1 Å². The van der Waals surface area contributed by atoms with Crippen LogP contribution in [0.2, 0.25) is 0 Å². The monoisotopic (exact) mass is 510 g/mol. The fourth-order valence-electron chi connectivity index (χ4n) is 4.90. The summed E-state index contributed by atoms with van der Waals surface area (Å²) in [5.41, 5.74) is 6.61. The van der Waals surface area contributed by atoms with Crippen LogP contribution < -0.4 is 0 Å². The van der Waals surface area contributed by atoms with Gasteiger partial charge >= 0.3 is 5.97 Å². The summed E-state index contributed by atoms with van der Waals surface area (Å²) in [4.78, 5) is 23.2. The van der Waals surface area contributed by atoms with Crippen LogP contribution in [0.25, 0.3) is 22.0 Å². The molecule has 5 nitrogen and oxygen atoms in total. The third-order valence-electron chi connectivity index (χ3n) is 7.08. The normalized spacial score (nSPS) is 12.7. The van der Waals surface area contributed by atoms with Crippen molar-refractivity contribution in [2.45, 2.75) is 71.8 Å². The topological polar surface area (TPSA) is 72.2 Å². The third-order valence-corrected chi connectivity index (χ3v) is 7.08. The Morgan fingerprint density at radius 2 is 1.55 bits per heavy atom. The number of nitrogens with zero attached hydrogens (tertiary/aromatic N) is 2. The molecular weight excluding hydrogens is 472 g/mol. The van der Waals surface area contributed by atoms with Crippen molar-refractivity contribution < 1.29 is 14.7 Å². The molecule has 0 aliphatic rings. The molecule has 0 aliphatic carbocycles. The zero-order valence-electron chi connectivity index (χ0n) is 23.1. The van der Waals surface area contributed by atoms with Gasteiger partial charge in [0.15, 0.2) is 5.78 Å². The molecular formula is C33H38N2O3. The highest BCUT2D eigenvalue weighted by Crippen LogP contribution is 2.32. The Hall–Kier alpha value is -3.73. The maximum Gasteiger partial charge on any atom is 0.303 e. The van der Waals surface area contributed by atoms with Crippen LogP contribution in [0.15, 0.2) is 72.9 Å². The van der Waals surface area contributed by atoms with Gasteiger partial charge in [0.2, 0.25) is 0 Å². The van der Waals surface area contributed by atoms with Gasteiger partial charge in [-0.1, -0.05) is 89.2 Å². The first-order valence-corrected chi connectivity index (χ1v) is 13.5. The largest absolute Gasteiger partial charge is 0.481 e. The van der Waals surface area contributed by atoms with Gasteiger partial charge in [-0.25, -0.2) is 0 Å². The molecule has 4 aromatic rings. The molecule has 5 heteroatoms. The number of hydrogen-bond donors (Lipinski definition) is 1. The summed E-state index contributed by atoms with van der Waals surface area (Å²) in [5, 5.41) is 14.7. The lowest BCUT2D eigenvalue weighted by atomic mass is 9.86. The highest BCUT2D eigenvalue weighted by Gasteiger charge is 2.20. The molecule has 38 heavy (non-hydrogen) atoms. The van der Waals surface area contributed by atoms with Crippen LogP contribution in [0, 0.1) is 5.92 Å². The minimum Gasteiger partial charge on any atom is -0.481 e. The maximum atomic E-state index is 12.5. The predicted octanol–water partition coefficient (Wildman–Crippen LogP) is 8.07. The van der Waals surface area contributed by atoms with Crippen molar-refractivity contribution in [2.24, 2.45) is 5.92 Å². The number of carboxylic acid groups (broad SMARTS) is 1. The molecule has 198 valence electrons. The highest BCUT2D eigenvalue weighted by atomic mass is 16.4. The molecule has 0 amide bonds. The number of Topliss-reactive ketones (excluding diaryl/α,β-unsaturated/α-hetero) is 1. The van der Waals surface area contributed by atoms with Gasteiger partial charge in [-0.05, 0) is 58.6 Å². The molecule has 3 aromatic carbocycles. The van der Waals surface area contributed by atoms with Crippen molar-refractivity contribution in [1.82, 2.24) is 9.78 Å². The molecule has 1 N–H and O–H groups in total. The van der Waals surface area contributed by atoms with E-state index in [1.165, 1.54) is 16.7 Å². The molecule has 1 unspecified atom stereocenters. The molecule has 0 aliphatic heterocycles. The molecule has 0 fully saturated rings. The first kappa shape index (κ1) is 27.3. The standard InChI is InChI=1S/C33H38N2O3/c1-22(2)19-30(24-9-11-25(12-10-24)31(36)7-6-8-32(37)38)35-29-18-15-26(20-27(29)21-34-35)23-13-16-28(17-14-23)33(3,4)5/h9-18,20-22,30H,6-8,19H2,1-5H3,(H,37,38). The molecule has 0 saturated carbocycles. The average molecular weight is 511 g/mol. The predicted molar refractivity (Wildman–Crippen MR) is 154 cm³/mol. The van der Waals surface area contributed by atoms with E-state index in [0.29, 0.717) is 17.9 Å². The molecule has 0 bridgehead atoms. The summed E-state index contributed by atoms with van der Waals surface area (Å²) in [6.07, 6.45) is 3.46. The van der Waals surface area contributed by atoms with E-state index in [9.17, 15) is 9.59 Å². The Bertz CT molecular complexity index is 1410. The van der Waals surface area contributed by atoms with Crippen LogP contribution in [0.3, 0.4) is 0 Å². The first-order valence-electron chi connectivity index (χ1n) is 13.5. The van der Waals surface area contributed by atoms with E-state index in [4.69, 9.17) is 10.2 Å². The number of benzene rings is 3. The second kappa shape index (κ2) is 11.3. The number of aromatic nitrogens is 2. The summed E-state index contributed by atoms with van der Waals surface area (Å²) in [7, 11) is 0. The molecule has 0 radical (unpaired) electrons. The van der Waals surface area contributed by atoms with E-state index in [1.54, 1.807) is 0 Å². The molecule has 1 heterocycles. The van der Waals surface area contributed by atoms with Crippen LogP contribution in [-0.2, 0) is 10.2 Å². The van der Waals surface area contributed by atoms with Gasteiger partial charge in [0.05, 0.1) is 17.8 Å². The van der Waals surface area contributed by atoms with Gasteiger partial charge in [0.1, 0.15) is 0 Å². The summed E-state index contributed by atoms with van der Waals surface area (Å²) in [5.74, 6) is -0.440. The summed E-state index contributed by atoms with van der Waals surface area (Å²) >= 11 is 0. The Morgan fingerprint density at radius 1 is 0.895 bits per heavy atom. The zero-order chi connectivity index (χ0) is 27.4. The van der Waals surface area contributed by atoms with Crippen molar-refractivity contribution in [3.05, 3.63) is 89.6 Å². The van der Waals surface area contributed by atoms with E-state index in [2.05, 4.69) is 81.8 Å². The van der Waals surface area contributed by atoms with Crippen molar-refractivity contribution in [3.63, 3.8) is 0 Å². The molecule has 0 saturated heterocycles. The van der Waals surface area contributed by atoms with E-state index >= 15 is 0 Å². The zero-order valence-corrected chi connectivity index (χ0v) is 23.1. The lowest BCUT2D eigenvalue weighted by Crippen LogP contribution is -2.15. The van der Waals surface area contributed by atoms with Crippen molar-refractivity contribution in [3.8, 4) is 11.1 Å². The minimum atomic E-state index is -0.873. The molecule has 4 rings (SSSR count). The van der Waals surface area contributed by atoms with Gasteiger partial charge in [-0.2, -0.15) is 5.10 Å². The fourth-order valence-corrected chi connectivity index (χ4v) is 4.90. The van der Waals surface area contributed by atoms with Crippen LogP contribution in [0.1, 0.15) is 87.8 Å². The Balaban J connectivity index is 1.60. The SMILES string of the molecule is CC(C)CC(c1ccc(C(=O)CCCC(=O)O)cc1)n1ncc2cc(-c3ccc(C(C)(C)C)cc3)ccc21. The highest BCUT2D eigenvalue weighted by molar-refractivity contribution is 5.96. The lowest BCUT2D eigenvalue weighted by molar-refractivity contribution is -0.137. The van der Waals surface area contributed by atoms with E-state index < -0.39 is 5.97 Å². The van der Waals surface area contributed by atoms with Gasteiger partial charge in [-0.3, -0.25) is 14.3 Å². The number of ketones is 1. The Kier molecular flexibility index (Phi) is 8.15. The van der Waals surface area contributed by atoms with Crippen LogP contribution in [0.4, 0.5) is 0 Å². The van der Waals surface area contributed by atoms with E-state index in [0.717, 1.165) is 22.9 Å². The molecule has 1 atom stereocenters. The second-order valence-corrected chi connectivity index (χ2v) is 11.6. The van der Waals surface area contributed by atoms with Crippen LogP contribution in [-0.4, -0.2) is 26.6 Å². The lowest BCUT2D eigenvalue weighted by Gasteiger charge is -2.22. The minimum absolute atomic E-state index is 0.0105. The molecule has 1 aromatic heterocycles. The summed E-state index contributed by atoms with van der Waals surface area (Å²) < 4.78 is 2.10. The smallest absolute Gasteiger partial charge is 0.303 e. The Labute approximate surface area is 225 Å². The number of aliphatic carboxylic acids is 1. The number of rotatable bonds is 10. The number of fused-ring (bicyclic) bond motifs is 1. The second-order valence-electron chi connectivity index (χ2n) is 11.6. The van der Waals surface area contributed by atoms with Gasteiger partial charge in [0.25, 0.3) is 0 Å². The van der Waals surface area contributed by atoms with Crippen LogP contribution >= 0.6 is 0 Å². The average Bonchev–Trinajstić information content (AvgIpc) is 3.29. The van der Waals surface area contributed by atoms with Crippen molar-refractivity contribution in [2.75, 3.05) is 0 Å². The quantitative estimate of drug-likeness (QED) is 0.219. The van der Waals surface area contributed by atoms with Gasteiger partial charge < -0.3 is 5.11 Å². The van der Waals surface area contributed by atoms with Crippen molar-refractivity contribution >= 4 is 22.7 Å². The number of carbonyl (C=O) groups is 2. The fraction of sp³-hybridized carbons (Fsp3) is 0.364.